The Morgan fingerprint density at radius 1 is 1.55 bits per heavy atom. The molecule has 5 nitrogen and oxygen atoms in total. The highest BCUT2D eigenvalue weighted by Crippen LogP contribution is 1.99. The summed E-state index contributed by atoms with van der Waals surface area (Å²) in [7, 11) is 0. The lowest BCUT2D eigenvalue weighted by Crippen LogP contribution is -2.34. The SMILES string of the molecule is NCCC(O)C[C@H](N)C(=O)O. The molecule has 0 aliphatic heterocycles. The van der Waals surface area contributed by atoms with E-state index in [0.717, 1.165) is 0 Å². The van der Waals surface area contributed by atoms with E-state index < -0.39 is 18.1 Å². The molecule has 0 aromatic heterocycles. The number of aliphatic hydroxyl groups is 1. The number of carboxylic acid groups (broad SMARTS) is 1. The van der Waals surface area contributed by atoms with Crippen molar-refractivity contribution in [3.63, 3.8) is 0 Å². The fourth-order valence-electron chi connectivity index (χ4n) is 0.704. The molecular formula is C6H14N2O3. The van der Waals surface area contributed by atoms with E-state index in [0.29, 0.717) is 13.0 Å². The first-order chi connectivity index (χ1) is 5.07. The molecule has 0 saturated heterocycles. The van der Waals surface area contributed by atoms with Gasteiger partial charge in [-0.1, -0.05) is 0 Å². The van der Waals surface area contributed by atoms with Gasteiger partial charge in [0.2, 0.25) is 0 Å². The van der Waals surface area contributed by atoms with Crippen LogP contribution in [0.5, 0.6) is 0 Å². The highest BCUT2D eigenvalue weighted by Gasteiger charge is 2.15. The van der Waals surface area contributed by atoms with Gasteiger partial charge in [0.15, 0.2) is 0 Å². The summed E-state index contributed by atoms with van der Waals surface area (Å²) in [4.78, 5) is 10.2. The van der Waals surface area contributed by atoms with Gasteiger partial charge in [0, 0.05) is 0 Å². The van der Waals surface area contributed by atoms with Crippen LogP contribution in [0.3, 0.4) is 0 Å². The maximum atomic E-state index is 10.2. The van der Waals surface area contributed by atoms with Crippen LogP contribution in [0.2, 0.25) is 0 Å². The Morgan fingerprint density at radius 3 is 2.45 bits per heavy atom. The van der Waals surface area contributed by atoms with Crippen LogP contribution in [0.1, 0.15) is 12.8 Å². The van der Waals surface area contributed by atoms with Crippen LogP contribution in [0.15, 0.2) is 0 Å². The van der Waals surface area contributed by atoms with E-state index >= 15 is 0 Å². The molecule has 1 unspecified atom stereocenters. The highest BCUT2D eigenvalue weighted by atomic mass is 16.4. The molecule has 0 radical (unpaired) electrons. The zero-order chi connectivity index (χ0) is 8.85. The molecule has 0 rings (SSSR count). The standard InChI is InChI=1S/C6H14N2O3/c7-2-1-4(9)3-5(8)6(10)11/h4-5,9H,1-3,7-8H2,(H,10,11)/t4?,5-/m0/s1. The van der Waals surface area contributed by atoms with E-state index in [4.69, 9.17) is 21.7 Å². The second-order valence-electron chi connectivity index (χ2n) is 2.41. The van der Waals surface area contributed by atoms with Crippen molar-refractivity contribution in [2.75, 3.05) is 6.54 Å². The maximum Gasteiger partial charge on any atom is 0.320 e. The molecule has 0 aliphatic carbocycles. The minimum Gasteiger partial charge on any atom is -0.480 e. The van der Waals surface area contributed by atoms with Crippen LogP contribution in [0, 0.1) is 0 Å². The predicted molar refractivity (Wildman–Crippen MR) is 39.9 cm³/mol. The van der Waals surface area contributed by atoms with Gasteiger partial charge in [-0.25, -0.2) is 0 Å². The van der Waals surface area contributed by atoms with Crippen molar-refractivity contribution < 1.29 is 15.0 Å². The first-order valence-corrected chi connectivity index (χ1v) is 3.44. The monoisotopic (exact) mass is 162 g/mol. The number of nitrogens with two attached hydrogens (primary N) is 2. The van der Waals surface area contributed by atoms with E-state index in [1.165, 1.54) is 0 Å². The Labute approximate surface area is 65.0 Å². The summed E-state index contributed by atoms with van der Waals surface area (Å²) in [5, 5.41) is 17.4. The van der Waals surface area contributed by atoms with Gasteiger partial charge >= 0.3 is 5.97 Å². The van der Waals surface area contributed by atoms with Crippen LogP contribution >= 0.6 is 0 Å². The predicted octanol–water partition coefficient (Wildman–Crippen LogP) is -1.50. The lowest BCUT2D eigenvalue weighted by Gasteiger charge is -2.11. The molecule has 66 valence electrons. The van der Waals surface area contributed by atoms with E-state index in [1.807, 2.05) is 0 Å². The van der Waals surface area contributed by atoms with Crippen molar-refractivity contribution in [1.82, 2.24) is 0 Å². The third-order valence-corrected chi connectivity index (χ3v) is 1.34. The number of rotatable bonds is 5. The van der Waals surface area contributed by atoms with Crippen molar-refractivity contribution in [2.24, 2.45) is 11.5 Å². The van der Waals surface area contributed by atoms with Crippen molar-refractivity contribution in [3.05, 3.63) is 0 Å². The second-order valence-corrected chi connectivity index (χ2v) is 2.41. The molecule has 5 heteroatoms. The number of aliphatic hydroxyl groups excluding tert-OH is 1. The van der Waals surface area contributed by atoms with Gasteiger partial charge in [-0.05, 0) is 19.4 Å². The fourth-order valence-corrected chi connectivity index (χ4v) is 0.704. The normalized spacial score (nSPS) is 15.9. The number of hydrogen-bond donors (Lipinski definition) is 4. The van der Waals surface area contributed by atoms with Gasteiger partial charge < -0.3 is 21.7 Å². The molecule has 0 aliphatic rings. The molecule has 0 saturated carbocycles. The Hall–Kier alpha value is -0.650. The van der Waals surface area contributed by atoms with Crippen molar-refractivity contribution >= 4 is 5.97 Å². The molecule has 0 bridgehead atoms. The summed E-state index contributed by atoms with van der Waals surface area (Å²) in [5.41, 5.74) is 10.3. The largest absolute Gasteiger partial charge is 0.480 e. The van der Waals surface area contributed by atoms with Crippen molar-refractivity contribution in [3.8, 4) is 0 Å². The molecule has 2 atom stereocenters. The second kappa shape index (κ2) is 5.06. The smallest absolute Gasteiger partial charge is 0.320 e. The van der Waals surface area contributed by atoms with E-state index in [2.05, 4.69) is 0 Å². The van der Waals surface area contributed by atoms with E-state index in [1.54, 1.807) is 0 Å². The third-order valence-electron chi connectivity index (χ3n) is 1.34. The molecule has 6 N–H and O–H groups in total. The minimum absolute atomic E-state index is 0.0620. The molecule has 11 heavy (non-hydrogen) atoms. The van der Waals surface area contributed by atoms with Gasteiger partial charge in [-0.15, -0.1) is 0 Å². The van der Waals surface area contributed by atoms with Gasteiger partial charge in [0.25, 0.3) is 0 Å². The summed E-state index contributed by atoms with van der Waals surface area (Å²) in [6, 6.07) is -0.989. The highest BCUT2D eigenvalue weighted by molar-refractivity contribution is 5.73. The minimum atomic E-state index is -1.10. The summed E-state index contributed by atoms with van der Waals surface area (Å²) in [6.45, 7) is 0.341. The first-order valence-electron chi connectivity index (χ1n) is 3.44. The topological polar surface area (TPSA) is 110 Å². The lowest BCUT2D eigenvalue weighted by molar-refractivity contribution is -0.139. The Morgan fingerprint density at radius 2 is 2.09 bits per heavy atom. The summed E-state index contributed by atoms with van der Waals surface area (Å²) in [5.74, 6) is -1.10. The first kappa shape index (κ1) is 10.3. The van der Waals surface area contributed by atoms with E-state index in [-0.39, 0.29) is 6.42 Å². The zero-order valence-corrected chi connectivity index (χ0v) is 6.23. The summed E-state index contributed by atoms with van der Waals surface area (Å²) < 4.78 is 0. The molecule has 0 aromatic rings. The van der Waals surface area contributed by atoms with Crippen LogP contribution in [-0.2, 0) is 4.79 Å². The Balaban J connectivity index is 3.56. The molecule has 0 fully saturated rings. The van der Waals surface area contributed by atoms with Crippen LogP contribution in [0.4, 0.5) is 0 Å². The zero-order valence-electron chi connectivity index (χ0n) is 6.23. The van der Waals surface area contributed by atoms with Gasteiger partial charge in [0.1, 0.15) is 6.04 Å². The lowest BCUT2D eigenvalue weighted by atomic mass is 10.1. The number of hydrogen-bond acceptors (Lipinski definition) is 4. The van der Waals surface area contributed by atoms with Crippen LogP contribution in [-0.4, -0.2) is 34.9 Å². The van der Waals surface area contributed by atoms with Gasteiger partial charge in [-0.3, -0.25) is 4.79 Å². The molecule has 0 heterocycles. The number of carbonyl (C=O) groups is 1. The Kier molecular flexibility index (Phi) is 4.76. The van der Waals surface area contributed by atoms with Crippen LogP contribution < -0.4 is 11.5 Å². The fraction of sp³-hybridized carbons (Fsp3) is 0.833. The summed E-state index contributed by atoms with van der Waals surface area (Å²) in [6.07, 6.45) is -0.251. The Bertz CT molecular complexity index is 129. The number of aliphatic carboxylic acids is 1. The summed E-state index contributed by atoms with van der Waals surface area (Å²) >= 11 is 0. The quantitative estimate of drug-likeness (QED) is 0.393. The van der Waals surface area contributed by atoms with Gasteiger partial charge in [-0.2, -0.15) is 0 Å². The molecule has 0 amide bonds. The maximum absolute atomic E-state index is 10.2. The average molecular weight is 162 g/mol. The van der Waals surface area contributed by atoms with Crippen molar-refractivity contribution in [1.29, 1.82) is 0 Å². The molecule has 0 aromatic carbocycles. The molecular weight excluding hydrogens is 148 g/mol. The van der Waals surface area contributed by atoms with Gasteiger partial charge in [0.05, 0.1) is 6.10 Å². The van der Waals surface area contributed by atoms with Crippen molar-refractivity contribution in [2.45, 2.75) is 25.0 Å². The van der Waals surface area contributed by atoms with Crippen LogP contribution in [0.25, 0.3) is 0 Å². The average Bonchev–Trinajstić information content (AvgIpc) is 1.87. The number of carboxylic acids is 1. The van der Waals surface area contributed by atoms with E-state index in [9.17, 15) is 4.79 Å². The third kappa shape index (κ3) is 4.72. The molecule has 0 spiro atoms.